The number of furan rings is 1. The summed E-state index contributed by atoms with van der Waals surface area (Å²) in [6.07, 6.45) is 1.48. The minimum absolute atomic E-state index is 0.0374. The summed E-state index contributed by atoms with van der Waals surface area (Å²) in [5.74, 6) is 0.165. The Hall–Kier alpha value is -2.96. The molecule has 0 spiro atoms. The fraction of sp³-hybridized carbons (Fsp3) is 0.353. The Bertz CT molecular complexity index is 943. The number of amides is 1. The Morgan fingerprint density at radius 2 is 2.03 bits per heavy atom. The third-order valence-corrected chi connectivity index (χ3v) is 5.27. The number of nitro groups is 1. The maximum absolute atomic E-state index is 12.3. The smallest absolute Gasteiger partial charge is 0.293 e. The SMILES string of the molecule is CN(C)CCNS(=O)(=O)c1ccc(NCC(=O)NCc2ccco2)c([N+](=O)[O-])c1. The number of nitrogens with zero attached hydrogens (tertiary/aromatic N) is 2. The van der Waals surface area contributed by atoms with Crippen molar-refractivity contribution < 1.29 is 22.6 Å². The van der Waals surface area contributed by atoms with Crippen LogP contribution < -0.4 is 15.4 Å². The minimum Gasteiger partial charge on any atom is -0.467 e. The summed E-state index contributed by atoms with van der Waals surface area (Å²) >= 11 is 0. The Labute approximate surface area is 168 Å². The number of nitrogens with one attached hydrogen (secondary N) is 3. The largest absolute Gasteiger partial charge is 0.467 e. The molecule has 11 nitrogen and oxygen atoms in total. The second kappa shape index (κ2) is 10.0. The Morgan fingerprint density at radius 1 is 1.28 bits per heavy atom. The van der Waals surface area contributed by atoms with E-state index in [-0.39, 0.29) is 30.2 Å². The maximum atomic E-state index is 12.3. The number of benzene rings is 1. The number of carbonyl (C=O) groups is 1. The second-order valence-electron chi connectivity index (χ2n) is 6.35. The molecule has 1 aromatic carbocycles. The van der Waals surface area contributed by atoms with Crippen LogP contribution in [0.4, 0.5) is 11.4 Å². The summed E-state index contributed by atoms with van der Waals surface area (Å²) in [7, 11) is -0.300. The van der Waals surface area contributed by atoms with Crippen LogP contribution in [0, 0.1) is 10.1 Å². The van der Waals surface area contributed by atoms with Crippen LogP contribution in [0.25, 0.3) is 0 Å². The fourth-order valence-electron chi connectivity index (χ4n) is 2.30. The molecule has 0 radical (unpaired) electrons. The molecule has 1 amide bonds. The van der Waals surface area contributed by atoms with Crippen molar-refractivity contribution in [2.24, 2.45) is 0 Å². The van der Waals surface area contributed by atoms with E-state index in [9.17, 15) is 23.3 Å². The minimum atomic E-state index is -3.89. The van der Waals surface area contributed by atoms with Gasteiger partial charge in [0.25, 0.3) is 5.69 Å². The summed E-state index contributed by atoms with van der Waals surface area (Å²) in [5, 5.41) is 16.6. The van der Waals surface area contributed by atoms with Gasteiger partial charge in [0.1, 0.15) is 11.4 Å². The van der Waals surface area contributed by atoms with E-state index in [1.807, 2.05) is 0 Å². The van der Waals surface area contributed by atoms with Gasteiger partial charge in [-0.25, -0.2) is 13.1 Å². The second-order valence-corrected chi connectivity index (χ2v) is 8.11. The highest BCUT2D eigenvalue weighted by atomic mass is 32.2. The zero-order valence-corrected chi connectivity index (χ0v) is 16.9. The number of likely N-dealkylation sites (N-methyl/N-ethyl adjacent to an activating group) is 1. The lowest BCUT2D eigenvalue weighted by molar-refractivity contribution is -0.384. The lowest BCUT2D eigenvalue weighted by Gasteiger charge is -2.12. The van der Waals surface area contributed by atoms with E-state index in [1.165, 1.54) is 18.4 Å². The van der Waals surface area contributed by atoms with Gasteiger partial charge in [0, 0.05) is 19.2 Å². The molecule has 3 N–H and O–H groups in total. The molecule has 0 unspecified atom stereocenters. The molecule has 158 valence electrons. The summed E-state index contributed by atoms with van der Waals surface area (Å²) in [4.78, 5) is 24.1. The quantitative estimate of drug-likeness (QED) is 0.353. The van der Waals surface area contributed by atoms with Gasteiger partial charge < -0.3 is 20.0 Å². The van der Waals surface area contributed by atoms with Gasteiger partial charge in [-0.05, 0) is 38.4 Å². The monoisotopic (exact) mass is 425 g/mol. The zero-order valence-electron chi connectivity index (χ0n) is 16.0. The summed E-state index contributed by atoms with van der Waals surface area (Å²) in [5.41, 5.74) is -0.408. The van der Waals surface area contributed by atoms with E-state index in [4.69, 9.17) is 4.42 Å². The number of hydrogen-bond donors (Lipinski definition) is 3. The van der Waals surface area contributed by atoms with Gasteiger partial charge in [-0.2, -0.15) is 0 Å². The number of hydrogen-bond acceptors (Lipinski definition) is 8. The summed E-state index contributed by atoms with van der Waals surface area (Å²) in [6.45, 7) is 0.604. The van der Waals surface area contributed by atoms with Crippen molar-refractivity contribution in [2.45, 2.75) is 11.4 Å². The molecule has 0 aliphatic rings. The average molecular weight is 425 g/mol. The lowest BCUT2D eigenvalue weighted by atomic mass is 10.2. The van der Waals surface area contributed by atoms with Crippen molar-refractivity contribution in [3.8, 4) is 0 Å². The van der Waals surface area contributed by atoms with Crippen LogP contribution in [0.15, 0.2) is 45.9 Å². The van der Waals surface area contributed by atoms with Crippen LogP contribution in [0.5, 0.6) is 0 Å². The topological polar surface area (TPSA) is 147 Å². The maximum Gasteiger partial charge on any atom is 0.293 e. The molecule has 0 bridgehead atoms. The molecule has 2 rings (SSSR count). The first-order valence-electron chi connectivity index (χ1n) is 8.65. The predicted octanol–water partition coefficient (Wildman–Crippen LogP) is 0.756. The van der Waals surface area contributed by atoms with Crippen LogP contribution in [0.3, 0.4) is 0 Å². The van der Waals surface area contributed by atoms with Crippen molar-refractivity contribution in [3.63, 3.8) is 0 Å². The number of rotatable bonds is 11. The van der Waals surface area contributed by atoms with Gasteiger partial charge >= 0.3 is 0 Å². The van der Waals surface area contributed by atoms with Crippen LogP contribution in [-0.2, 0) is 21.4 Å². The molecule has 0 saturated carbocycles. The normalized spacial score (nSPS) is 11.4. The van der Waals surface area contributed by atoms with Gasteiger partial charge in [-0.1, -0.05) is 0 Å². The molecule has 29 heavy (non-hydrogen) atoms. The molecule has 0 fully saturated rings. The Morgan fingerprint density at radius 3 is 2.66 bits per heavy atom. The Balaban J connectivity index is 2.03. The van der Waals surface area contributed by atoms with Gasteiger partial charge in [0.05, 0.1) is 29.2 Å². The van der Waals surface area contributed by atoms with Crippen molar-refractivity contribution in [3.05, 3.63) is 52.5 Å². The third kappa shape index (κ3) is 6.85. The van der Waals surface area contributed by atoms with Gasteiger partial charge in [-0.15, -0.1) is 0 Å². The number of nitro benzene ring substituents is 1. The van der Waals surface area contributed by atoms with Gasteiger partial charge in [-0.3, -0.25) is 14.9 Å². The lowest BCUT2D eigenvalue weighted by Crippen LogP contribution is -2.31. The first-order valence-corrected chi connectivity index (χ1v) is 10.1. The van der Waals surface area contributed by atoms with E-state index in [1.54, 1.807) is 31.1 Å². The van der Waals surface area contributed by atoms with E-state index in [0.29, 0.717) is 12.3 Å². The van der Waals surface area contributed by atoms with Gasteiger partial charge in [0.2, 0.25) is 15.9 Å². The molecular formula is C17H23N5O6S. The third-order valence-electron chi connectivity index (χ3n) is 3.81. The average Bonchev–Trinajstić information content (AvgIpc) is 3.17. The number of sulfonamides is 1. The molecule has 0 aliphatic carbocycles. The van der Waals surface area contributed by atoms with Crippen molar-refractivity contribution in [1.29, 1.82) is 0 Å². The molecule has 0 aliphatic heterocycles. The van der Waals surface area contributed by atoms with E-state index in [2.05, 4.69) is 15.4 Å². The Kier molecular flexibility index (Phi) is 7.70. The summed E-state index contributed by atoms with van der Waals surface area (Å²) in [6, 6.07) is 6.85. The molecule has 1 heterocycles. The first kappa shape index (κ1) is 22.3. The predicted molar refractivity (Wildman–Crippen MR) is 106 cm³/mol. The molecule has 0 saturated heterocycles. The van der Waals surface area contributed by atoms with Crippen LogP contribution in [-0.4, -0.2) is 57.9 Å². The van der Waals surface area contributed by atoms with Crippen molar-refractivity contribution in [2.75, 3.05) is 39.0 Å². The van der Waals surface area contributed by atoms with Crippen molar-refractivity contribution >= 4 is 27.3 Å². The zero-order chi connectivity index (χ0) is 21.4. The van der Waals surface area contributed by atoms with Gasteiger partial charge in [0.15, 0.2) is 0 Å². The highest BCUT2D eigenvalue weighted by Crippen LogP contribution is 2.27. The number of anilines is 1. The highest BCUT2D eigenvalue weighted by Gasteiger charge is 2.21. The molecule has 1 aromatic heterocycles. The first-order chi connectivity index (χ1) is 13.7. The summed E-state index contributed by atoms with van der Waals surface area (Å²) < 4.78 is 32.1. The van der Waals surface area contributed by atoms with E-state index in [0.717, 1.165) is 6.07 Å². The molecule has 12 heteroatoms. The fourth-order valence-corrected chi connectivity index (χ4v) is 3.34. The van der Waals surface area contributed by atoms with Crippen LogP contribution >= 0.6 is 0 Å². The standard InChI is InChI=1S/C17H23N5O6S/c1-21(2)8-7-20-29(26,27)14-5-6-15(16(10-14)22(24)25)18-12-17(23)19-11-13-4-3-9-28-13/h3-6,9-10,18,20H,7-8,11-12H2,1-2H3,(H,19,23). The number of carbonyl (C=O) groups excluding carboxylic acids is 1. The van der Waals surface area contributed by atoms with E-state index < -0.39 is 26.5 Å². The molecular weight excluding hydrogens is 402 g/mol. The van der Waals surface area contributed by atoms with Crippen LogP contribution in [0.1, 0.15) is 5.76 Å². The van der Waals surface area contributed by atoms with Crippen LogP contribution in [0.2, 0.25) is 0 Å². The molecule has 2 aromatic rings. The van der Waals surface area contributed by atoms with E-state index >= 15 is 0 Å². The highest BCUT2D eigenvalue weighted by molar-refractivity contribution is 7.89. The molecule has 0 atom stereocenters. The van der Waals surface area contributed by atoms with Crippen molar-refractivity contribution in [1.82, 2.24) is 14.9 Å².